The molecular weight excluding hydrogens is 324 g/mol. The van der Waals surface area contributed by atoms with E-state index in [1.165, 1.54) is 11.6 Å². The van der Waals surface area contributed by atoms with Crippen LogP contribution < -0.4 is 0 Å². The average molecular weight is 340 g/mol. The molecule has 126 valence electrons. The van der Waals surface area contributed by atoms with Crippen molar-refractivity contribution in [3.63, 3.8) is 0 Å². The number of fused-ring (bicyclic) bond motifs is 1. The van der Waals surface area contributed by atoms with Crippen molar-refractivity contribution in [2.45, 2.75) is 6.92 Å². The van der Waals surface area contributed by atoms with Crippen LogP contribution in [-0.4, -0.2) is 9.91 Å². The molecule has 0 saturated carbocycles. The summed E-state index contributed by atoms with van der Waals surface area (Å²) in [6, 6.07) is 24.9. The van der Waals surface area contributed by atoms with Crippen LogP contribution in [0.5, 0.6) is 0 Å². The van der Waals surface area contributed by atoms with Gasteiger partial charge in [-0.1, -0.05) is 54.1 Å². The number of aryl methyl sites for hydroxylation is 1. The van der Waals surface area contributed by atoms with Gasteiger partial charge in [0.2, 0.25) is 0 Å². The largest absolute Gasteiger partial charge is 0.270 e. The second kappa shape index (κ2) is 6.41. The van der Waals surface area contributed by atoms with Crippen LogP contribution in [-0.2, 0) is 0 Å². The molecule has 0 aliphatic heterocycles. The Morgan fingerprint density at radius 1 is 0.846 bits per heavy atom. The molecule has 4 heteroatoms. The van der Waals surface area contributed by atoms with E-state index in [-0.39, 0.29) is 10.6 Å². The number of non-ortho nitro benzene ring substituents is 1. The van der Waals surface area contributed by atoms with Gasteiger partial charge in [-0.2, -0.15) is 0 Å². The van der Waals surface area contributed by atoms with Crippen molar-refractivity contribution < 1.29 is 4.92 Å². The standard InChI is InChI=1S/C22H16N2O2/c1-15-10-11-21-20(12-15)19(16-6-3-2-4-7-16)14-22(23-21)17-8-5-9-18(13-17)24(25)26/h2-14H,1H3. The molecule has 0 unspecified atom stereocenters. The van der Waals surface area contributed by atoms with Gasteiger partial charge in [0.05, 0.1) is 16.1 Å². The van der Waals surface area contributed by atoms with Gasteiger partial charge in [-0.25, -0.2) is 4.98 Å². The van der Waals surface area contributed by atoms with Gasteiger partial charge in [-0.3, -0.25) is 10.1 Å². The molecule has 1 heterocycles. The lowest BCUT2D eigenvalue weighted by molar-refractivity contribution is -0.384. The van der Waals surface area contributed by atoms with E-state index in [2.05, 4.69) is 25.1 Å². The molecule has 4 rings (SSSR count). The van der Waals surface area contributed by atoms with E-state index in [0.29, 0.717) is 0 Å². The van der Waals surface area contributed by atoms with Gasteiger partial charge < -0.3 is 0 Å². The Balaban J connectivity index is 1.99. The Hall–Kier alpha value is -3.53. The molecule has 0 amide bonds. The molecule has 4 aromatic rings. The highest BCUT2D eigenvalue weighted by molar-refractivity contribution is 5.97. The van der Waals surface area contributed by atoms with Crippen molar-refractivity contribution in [1.29, 1.82) is 0 Å². The minimum absolute atomic E-state index is 0.0644. The Labute approximate surface area is 150 Å². The molecule has 1 aromatic heterocycles. The topological polar surface area (TPSA) is 56.0 Å². The number of aromatic nitrogens is 1. The first-order valence-corrected chi connectivity index (χ1v) is 8.33. The van der Waals surface area contributed by atoms with E-state index >= 15 is 0 Å². The lowest BCUT2D eigenvalue weighted by Gasteiger charge is -2.11. The molecule has 0 radical (unpaired) electrons. The fraction of sp³-hybridized carbons (Fsp3) is 0.0455. The first-order valence-electron chi connectivity index (χ1n) is 8.33. The van der Waals surface area contributed by atoms with Gasteiger partial charge in [0.25, 0.3) is 5.69 Å². The highest BCUT2D eigenvalue weighted by atomic mass is 16.6. The van der Waals surface area contributed by atoms with Crippen molar-refractivity contribution >= 4 is 16.6 Å². The number of nitro benzene ring substituents is 1. The predicted octanol–water partition coefficient (Wildman–Crippen LogP) is 5.79. The van der Waals surface area contributed by atoms with Crippen LogP contribution in [0.3, 0.4) is 0 Å². The van der Waals surface area contributed by atoms with E-state index in [1.54, 1.807) is 12.1 Å². The van der Waals surface area contributed by atoms with E-state index in [9.17, 15) is 10.1 Å². The van der Waals surface area contributed by atoms with Crippen molar-refractivity contribution in [3.05, 3.63) is 94.5 Å². The molecule has 0 atom stereocenters. The number of nitrogens with zero attached hydrogens (tertiary/aromatic N) is 2. The number of hydrogen-bond donors (Lipinski definition) is 0. The minimum atomic E-state index is -0.383. The summed E-state index contributed by atoms with van der Waals surface area (Å²) in [6.45, 7) is 2.06. The van der Waals surface area contributed by atoms with Crippen molar-refractivity contribution in [2.75, 3.05) is 0 Å². The van der Waals surface area contributed by atoms with Gasteiger partial charge >= 0.3 is 0 Å². The molecule has 0 aliphatic rings. The minimum Gasteiger partial charge on any atom is -0.258 e. The zero-order valence-corrected chi connectivity index (χ0v) is 14.2. The van der Waals surface area contributed by atoms with Gasteiger partial charge in [-0.15, -0.1) is 0 Å². The first-order chi connectivity index (χ1) is 12.6. The van der Waals surface area contributed by atoms with Crippen molar-refractivity contribution in [3.8, 4) is 22.4 Å². The smallest absolute Gasteiger partial charge is 0.258 e. The molecule has 0 N–H and O–H groups in total. The molecule has 0 fully saturated rings. The summed E-state index contributed by atoms with van der Waals surface area (Å²) in [5.41, 5.74) is 5.73. The first kappa shape index (κ1) is 16.0. The summed E-state index contributed by atoms with van der Waals surface area (Å²) in [5.74, 6) is 0. The average Bonchev–Trinajstić information content (AvgIpc) is 2.68. The highest BCUT2D eigenvalue weighted by Gasteiger charge is 2.12. The zero-order chi connectivity index (χ0) is 18.1. The van der Waals surface area contributed by atoms with Gasteiger partial charge in [0.15, 0.2) is 0 Å². The number of benzene rings is 3. The SMILES string of the molecule is Cc1ccc2nc(-c3cccc([N+](=O)[O-])c3)cc(-c3ccccc3)c2c1. The number of hydrogen-bond acceptors (Lipinski definition) is 3. The van der Waals surface area contributed by atoms with Crippen LogP contribution in [0, 0.1) is 17.0 Å². The molecule has 26 heavy (non-hydrogen) atoms. The van der Waals surface area contributed by atoms with Crippen LogP contribution in [0.1, 0.15) is 5.56 Å². The van der Waals surface area contributed by atoms with E-state index < -0.39 is 0 Å². The highest BCUT2D eigenvalue weighted by Crippen LogP contribution is 2.33. The Bertz CT molecular complexity index is 1120. The summed E-state index contributed by atoms with van der Waals surface area (Å²) < 4.78 is 0. The number of pyridine rings is 1. The molecule has 0 aliphatic carbocycles. The third-order valence-electron chi connectivity index (χ3n) is 4.40. The molecule has 0 spiro atoms. The summed E-state index contributed by atoms with van der Waals surface area (Å²) in [7, 11) is 0. The van der Waals surface area contributed by atoms with Crippen LogP contribution in [0.15, 0.2) is 78.9 Å². The molecule has 0 bridgehead atoms. The number of rotatable bonds is 3. The molecular formula is C22H16N2O2. The molecule has 4 nitrogen and oxygen atoms in total. The summed E-state index contributed by atoms with van der Waals surface area (Å²) in [5, 5.41) is 12.2. The monoisotopic (exact) mass is 340 g/mol. The third kappa shape index (κ3) is 2.93. The van der Waals surface area contributed by atoms with Crippen LogP contribution in [0.4, 0.5) is 5.69 Å². The number of nitro groups is 1. The Kier molecular flexibility index (Phi) is 3.93. The lowest BCUT2D eigenvalue weighted by Crippen LogP contribution is -1.92. The van der Waals surface area contributed by atoms with Crippen molar-refractivity contribution in [2.24, 2.45) is 0 Å². The summed E-state index contributed by atoms with van der Waals surface area (Å²) in [6.07, 6.45) is 0. The van der Waals surface area contributed by atoms with Crippen LogP contribution in [0.2, 0.25) is 0 Å². The molecule has 3 aromatic carbocycles. The summed E-state index contributed by atoms with van der Waals surface area (Å²) in [4.78, 5) is 15.5. The maximum atomic E-state index is 11.1. The molecule has 0 saturated heterocycles. The fourth-order valence-corrected chi connectivity index (χ4v) is 3.12. The van der Waals surface area contributed by atoms with Crippen LogP contribution in [0.25, 0.3) is 33.3 Å². The van der Waals surface area contributed by atoms with Gasteiger partial charge in [0, 0.05) is 23.1 Å². The second-order valence-corrected chi connectivity index (χ2v) is 6.25. The van der Waals surface area contributed by atoms with E-state index in [1.807, 2.05) is 42.5 Å². The van der Waals surface area contributed by atoms with Crippen LogP contribution >= 0.6 is 0 Å². The fourth-order valence-electron chi connectivity index (χ4n) is 3.12. The predicted molar refractivity (Wildman–Crippen MR) is 104 cm³/mol. The Morgan fingerprint density at radius 3 is 2.38 bits per heavy atom. The van der Waals surface area contributed by atoms with E-state index in [4.69, 9.17) is 4.98 Å². The van der Waals surface area contributed by atoms with E-state index in [0.717, 1.165) is 33.3 Å². The maximum Gasteiger partial charge on any atom is 0.270 e. The van der Waals surface area contributed by atoms with Gasteiger partial charge in [0.1, 0.15) is 0 Å². The Morgan fingerprint density at radius 2 is 1.62 bits per heavy atom. The second-order valence-electron chi connectivity index (χ2n) is 6.25. The normalized spacial score (nSPS) is 10.8. The van der Waals surface area contributed by atoms with Gasteiger partial charge in [-0.05, 0) is 36.2 Å². The maximum absolute atomic E-state index is 11.1. The quantitative estimate of drug-likeness (QED) is 0.350. The lowest BCUT2D eigenvalue weighted by atomic mass is 9.97. The zero-order valence-electron chi connectivity index (χ0n) is 14.2. The third-order valence-corrected chi connectivity index (χ3v) is 4.40. The summed E-state index contributed by atoms with van der Waals surface area (Å²) >= 11 is 0. The van der Waals surface area contributed by atoms with Crippen molar-refractivity contribution in [1.82, 2.24) is 4.98 Å².